The molecule has 1 N–H and O–H groups in total. The third kappa shape index (κ3) is 2.63. The van der Waals surface area contributed by atoms with Crippen LogP contribution in [0.3, 0.4) is 0 Å². The molecule has 0 amide bonds. The Balaban J connectivity index is 1.91. The van der Waals surface area contributed by atoms with Gasteiger partial charge in [-0.1, -0.05) is 19.1 Å². The molecule has 0 spiro atoms. The van der Waals surface area contributed by atoms with Gasteiger partial charge in [0.25, 0.3) is 0 Å². The van der Waals surface area contributed by atoms with E-state index in [1.807, 2.05) is 6.07 Å². The molecule has 6 heteroatoms. The number of para-hydroxylation sites is 2. The van der Waals surface area contributed by atoms with Crippen molar-refractivity contribution in [3.8, 4) is 0 Å². The molecule has 0 radical (unpaired) electrons. The molecule has 0 unspecified atom stereocenters. The molecular formula is C15H19N5S. The van der Waals surface area contributed by atoms with E-state index >= 15 is 0 Å². The van der Waals surface area contributed by atoms with Crippen molar-refractivity contribution in [1.29, 1.82) is 0 Å². The van der Waals surface area contributed by atoms with Crippen LogP contribution in [0.1, 0.15) is 38.5 Å². The fourth-order valence-corrected chi connectivity index (χ4v) is 3.20. The van der Waals surface area contributed by atoms with Crippen molar-refractivity contribution in [3.05, 3.63) is 35.9 Å². The molecule has 1 atom stereocenters. The van der Waals surface area contributed by atoms with Crippen molar-refractivity contribution in [1.82, 2.24) is 18.9 Å². The molecule has 3 aromatic rings. The van der Waals surface area contributed by atoms with E-state index in [1.165, 1.54) is 17.0 Å². The van der Waals surface area contributed by atoms with Crippen molar-refractivity contribution in [2.75, 3.05) is 5.32 Å². The minimum Gasteiger partial charge on any atom is -0.351 e. The van der Waals surface area contributed by atoms with Gasteiger partial charge in [-0.15, -0.1) is 0 Å². The first kappa shape index (κ1) is 14.0. The van der Waals surface area contributed by atoms with E-state index in [1.54, 1.807) is 0 Å². The van der Waals surface area contributed by atoms with Gasteiger partial charge < -0.3 is 9.88 Å². The first-order chi connectivity index (χ1) is 10.2. The molecule has 0 aliphatic carbocycles. The van der Waals surface area contributed by atoms with Crippen LogP contribution >= 0.6 is 11.5 Å². The van der Waals surface area contributed by atoms with E-state index in [9.17, 15) is 0 Å². The number of hydrogen-bond donors (Lipinski definition) is 1. The molecule has 0 aliphatic heterocycles. The number of aromatic nitrogens is 4. The Morgan fingerprint density at radius 3 is 2.76 bits per heavy atom. The van der Waals surface area contributed by atoms with Gasteiger partial charge in [-0.2, -0.15) is 4.37 Å². The van der Waals surface area contributed by atoms with Gasteiger partial charge in [-0.3, -0.25) is 0 Å². The summed E-state index contributed by atoms with van der Waals surface area (Å²) >= 11 is 1.41. The molecule has 1 aromatic carbocycles. The molecule has 110 valence electrons. The average Bonchev–Trinajstić information content (AvgIpc) is 3.10. The normalized spacial score (nSPS) is 12.7. The molecule has 5 nitrogen and oxygen atoms in total. The minimum absolute atomic E-state index is 0.0926. The van der Waals surface area contributed by atoms with Gasteiger partial charge in [0.1, 0.15) is 11.6 Å². The Bertz CT molecular complexity index is 745. The highest BCUT2D eigenvalue weighted by Gasteiger charge is 2.16. The first-order valence-electron chi connectivity index (χ1n) is 7.27. The summed E-state index contributed by atoms with van der Waals surface area (Å²) in [6, 6.07) is 8.33. The lowest BCUT2D eigenvalue weighted by Gasteiger charge is -2.14. The number of benzene rings is 1. The van der Waals surface area contributed by atoms with Gasteiger partial charge in [0.2, 0.25) is 5.13 Å². The van der Waals surface area contributed by atoms with Crippen LogP contribution in [-0.2, 0) is 13.0 Å². The van der Waals surface area contributed by atoms with Crippen molar-refractivity contribution in [2.24, 2.45) is 0 Å². The first-order valence-corrected chi connectivity index (χ1v) is 8.04. The number of nitrogens with one attached hydrogen (secondary N) is 1. The summed E-state index contributed by atoms with van der Waals surface area (Å²) in [6.07, 6.45) is 0.861. The molecule has 2 heterocycles. The number of imidazole rings is 1. The Morgan fingerprint density at radius 1 is 1.24 bits per heavy atom. The maximum atomic E-state index is 4.76. The van der Waals surface area contributed by atoms with E-state index in [0.29, 0.717) is 0 Å². The third-order valence-corrected chi connectivity index (χ3v) is 4.20. The van der Waals surface area contributed by atoms with E-state index in [0.717, 1.165) is 35.3 Å². The fourth-order valence-electron chi connectivity index (χ4n) is 2.46. The smallest absolute Gasteiger partial charge is 0.203 e. The SMILES string of the molecule is CCc1nsc(N[C@@H](C)c2nc3ccccc3n2CC)n1. The van der Waals surface area contributed by atoms with Gasteiger partial charge in [0.05, 0.1) is 17.1 Å². The standard InChI is InChI=1S/C15H19N5S/c1-4-13-18-15(21-19-13)16-10(3)14-17-11-8-6-7-9-12(11)20(14)5-2/h6-10H,4-5H2,1-3H3,(H,16,18,19)/t10-/m0/s1. The zero-order valence-electron chi connectivity index (χ0n) is 12.5. The highest BCUT2D eigenvalue weighted by molar-refractivity contribution is 7.09. The summed E-state index contributed by atoms with van der Waals surface area (Å²) in [5, 5.41) is 4.27. The summed E-state index contributed by atoms with van der Waals surface area (Å²) in [4.78, 5) is 9.23. The number of nitrogens with zero attached hydrogens (tertiary/aromatic N) is 4. The number of anilines is 1. The molecule has 0 fully saturated rings. The van der Waals surface area contributed by atoms with Crippen molar-refractivity contribution < 1.29 is 0 Å². The summed E-state index contributed by atoms with van der Waals surface area (Å²) in [6.45, 7) is 7.22. The van der Waals surface area contributed by atoms with E-state index < -0.39 is 0 Å². The van der Waals surface area contributed by atoms with Crippen LogP contribution in [0.5, 0.6) is 0 Å². The van der Waals surface area contributed by atoms with E-state index in [-0.39, 0.29) is 6.04 Å². The van der Waals surface area contributed by atoms with Crippen LogP contribution in [0.2, 0.25) is 0 Å². The van der Waals surface area contributed by atoms with Crippen LogP contribution in [0, 0.1) is 0 Å². The topological polar surface area (TPSA) is 55.6 Å². The third-order valence-electron chi connectivity index (χ3n) is 3.51. The highest BCUT2D eigenvalue weighted by atomic mass is 32.1. The van der Waals surface area contributed by atoms with Crippen molar-refractivity contribution in [2.45, 2.75) is 39.8 Å². The predicted molar refractivity (Wildman–Crippen MR) is 86.7 cm³/mol. The Hall–Kier alpha value is -1.95. The van der Waals surface area contributed by atoms with Gasteiger partial charge in [0.15, 0.2) is 0 Å². The number of aryl methyl sites for hydroxylation is 2. The molecule has 0 aliphatic rings. The summed E-state index contributed by atoms with van der Waals surface area (Å²) in [5.41, 5.74) is 2.21. The zero-order valence-corrected chi connectivity index (χ0v) is 13.3. The van der Waals surface area contributed by atoms with Gasteiger partial charge in [0, 0.05) is 24.5 Å². The van der Waals surface area contributed by atoms with Crippen LogP contribution < -0.4 is 5.32 Å². The monoisotopic (exact) mass is 301 g/mol. The molecule has 0 bridgehead atoms. The second kappa shape index (κ2) is 5.81. The highest BCUT2D eigenvalue weighted by Crippen LogP contribution is 2.24. The maximum absolute atomic E-state index is 4.76. The van der Waals surface area contributed by atoms with Crippen molar-refractivity contribution >= 4 is 27.7 Å². The summed E-state index contributed by atoms with van der Waals surface area (Å²) in [7, 11) is 0. The second-order valence-electron chi connectivity index (χ2n) is 4.94. The predicted octanol–water partition coefficient (Wildman–Crippen LogP) is 3.64. The van der Waals surface area contributed by atoms with E-state index in [4.69, 9.17) is 4.98 Å². The second-order valence-corrected chi connectivity index (χ2v) is 5.69. The number of hydrogen-bond acceptors (Lipinski definition) is 5. The molecule has 2 aromatic heterocycles. The maximum Gasteiger partial charge on any atom is 0.203 e. The number of rotatable bonds is 5. The lowest BCUT2D eigenvalue weighted by atomic mass is 10.3. The fraction of sp³-hybridized carbons (Fsp3) is 0.400. The molecule has 0 saturated heterocycles. The van der Waals surface area contributed by atoms with Gasteiger partial charge in [-0.05, 0) is 26.0 Å². The average molecular weight is 301 g/mol. The van der Waals surface area contributed by atoms with Crippen LogP contribution in [-0.4, -0.2) is 18.9 Å². The molecule has 21 heavy (non-hydrogen) atoms. The minimum atomic E-state index is 0.0926. The lowest BCUT2D eigenvalue weighted by molar-refractivity contribution is 0.673. The van der Waals surface area contributed by atoms with Crippen LogP contribution in [0.25, 0.3) is 11.0 Å². The van der Waals surface area contributed by atoms with Gasteiger partial charge in [-0.25, -0.2) is 9.97 Å². The molecular weight excluding hydrogens is 282 g/mol. The van der Waals surface area contributed by atoms with Gasteiger partial charge >= 0.3 is 0 Å². The zero-order chi connectivity index (χ0) is 14.8. The lowest BCUT2D eigenvalue weighted by Crippen LogP contribution is -2.13. The van der Waals surface area contributed by atoms with Crippen LogP contribution in [0.4, 0.5) is 5.13 Å². The Morgan fingerprint density at radius 2 is 2.05 bits per heavy atom. The number of fused-ring (bicyclic) bond motifs is 1. The largest absolute Gasteiger partial charge is 0.351 e. The van der Waals surface area contributed by atoms with Crippen LogP contribution in [0.15, 0.2) is 24.3 Å². The van der Waals surface area contributed by atoms with E-state index in [2.05, 4.69) is 58.2 Å². The quantitative estimate of drug-likeness (QED) is 0.781. The summed E-state index contributed by atoms with van der Waals surface area (Å²) < 4.78 is 6.55. The Labute approximate surface area is 128 Å². The molecule has 3 rings (SSSR count). The van der Waals surface area contributed by atoms with Crippen molar-refractivity contribution in [3.63, 3.8) is 0 Å². The Kier molecular flexibility index (Phi) is 3.88. The molecule has 0 saturated carbocycles. The summed E-state index contributed by atoms with van der Waals surface area (Å²) in [5.74, 6) is 1.92.